The molecule has 0 amide bonds. The van der Waals surface area contributed by atoms with Gasteiger partial charge in [-0.3, -0.25) is 10.2 Å². The highest BCUT2D eigenvalue weighted by molar-refractivity contribution is 5.93. The number of hydrogen-bond acceptors (Lipinski definition) is 5. The number of morpholine rings is 1. The van der Waals surface area contributed by atoms with E-state index in [2.05, 4.69) is 10.2 Å². The van der Waals surface area contributed by atoms with Crippen molar-refractivity contribution in [3.63, 3.8) is 0 Å². The van der Waals surface area contributed by atoms with E-state index in [4.69, 9.17) is 9.47 Å². The zero-order chi connectivity index (χ0) is 13.8. The summed E-state index contributed by atoms with van der Waals surface area (Å²) in [6, 6.07) is 7.55. The Morgan fingerprint density at radius 3 is 2.90 bits per heavy atom. The summed E-state index contributed by atoms with van der Waals surface area (Å²) in [4.78, 5) is 14.1. The molecule has 0 aromatic heterocycles. The third-order valence-electron chi connectivity index (χ3n) is 3.77. The molecule has 1 aromatic carbocycles. The molecule has 5 heteroatoms. The van der Waals surface area contributed by atoms with Gasteiger partial charge in [-0.2, -0.15) is 0 Å². The number of rotatable bonds is 5. The molecule has 0 bridgehead atoms. The van der Waals surface area contributed by atoms with Crippen LogP contribution < -0.4 is 5.32 Å². The number of carbonyl (C=O) groups is 1. The Labute approximate surface area is 118 Å². The van der Waals surface area contributed by atoms with Gasteiger partial charge in [-0.15, -0.1) is 0 Å². The number of nitrogens with one attached hydrogen (secondary N) is 1. The van der Waals surface area contributed by atoms with Crippen LogP contribution in [-0.4, -0.2) is 50.3 Å². The smallest absolute Gasteiger partial charge is 0.340 e. The summed E-state index contributed by atoms with van der Waals surface area (Å²) in [6.07, 6.45) is 0.749. The molecule has 0 radical (unpaired) electrons. The van der Waals surface area contributed by atoms with Crippen molar-refractivity contribution in [2.45, 2.75) is 12.6 Å². The number of cyclic esters (lactones) is 1. The standard InChI is InChI=1S/C15H20N2O3/c18-15-13-5-2-1-4-12(13)14(20-15)16-6-3-7-17-8-10-19-11-9-17/h1-2,4-5,14,16H,3,6-11H2. The number of carbonyl (C=O) groups excluding carboxylic acids is 1. The summed E-state index contributed by atoms with van der Waals surface area (Å²) in [5.41, 5.74) is 1.63. The van der Waals surface area contributed by atoms with Gasteiger partial charge in [0.15, 0.2) is 6.23 Å². The Morgan fingerprint density at radius 1 is 1.25 bits per heavy atom. The average Bonchev–Trinajstić information content (AvgIpc) is 2.82. The van der Waals surface area contributed by atoms with E-state index >= 15 is 0 Å². The number of benzene rings is 1. The summed E-state index contributed by atoms with van der Waals surface area (Å²) in [7, 11) is 0. The van der Waals surface area contributed by atoms with Gasteiger partial charge in [-0.05, 0) is 19.0 Å². The number of esters is 1. The molecular formula is C15H20N2O3. The molecule has 1 fully saturated rings. The molecule has 1 aromatic rings. The molecule has 0 saturated carbocycles. The minimum atomic E-state index is -0.289. The van der Waals surface area contributed by atoms with Crippen LogP contribution in [0.3, 0.4) is 0 Å². The third kappa shape index (κ3) is 3.00. The van der Waals surface area contributed by atoms with Gasteiger partial charge < -0.3 is 9.47 Å². The quantitative estimate of drug-likeness (QED) is 0.646. The fourth-order valence-corrected chi connectivity index (χ4v) is 2.66. The van der Waals surface area contributed by atoms with E-state index in [9.17, 15) is 4.79 Å². The maximum absolute atomic E-state index is 11.7. The fourth-order valence-electron chi connectivity index (χ4n) is 2.66. The second kappa shape index (κ2) is 6.35. The Hall–Kier alpha value is -1.43. The largest absolute Gasteiger partial charge is 0.439 e. The van der Waals surface area contributed by atoms with E-state index in [1.807, 2.05) is 24.3 Å². The Balaban J connectivity index is 1.44. The Kier molecular flexibility index (Phi) is 4.30. The summed E-state index contributed by atoms with van der Waals surface area (Å²) >= 11 is 0. The molecule has 1 N–H and O–H groups in total. The fraction of sp³-hybridized carbons (Fsp3) is 0.533. The molecule has 1 saturated heterocycles. The Morgan fingerprint density at radius 2 is 2.05 bits per heavy atom. The molecule has 0 spiro atoms. The number of fused-ring (bicyclic) bond motifs is 1. The lowest BCUT2D eigenvalue weighted by Gasteiger charge is -2.26. The predicted octanol–water partition coefficient (Wildman–Crippen LogP) is 1.17. The molecule has 1 unspecified atom stereocenters. The van der Waals surface area contributed by atoms with Crippen molar-refractivity contribution in [2.75, 3.05) is 39.4 Å². The van der Waals surface area contributed by atoms with Crippen molar-refractivity contribution in [3.8, 4) is 0 Å². The molecule has 1 atom stereocenters. The zero-order valence-corrected chi connectivity index (χ0v) is 11.5. The number of nitrogens with zero attached hydrogens (tertiary/aromatic N) is 1. The predicted molar refractivity (Wildman–Crippen MR) is 74.5 cm³/mol. The minimum absolute atomic E-state index is 0.230. The molecular weight excluding hydrogens is 256 g/mol. The normalized spacial score (nSPS) is 22.6. The second-order valence-electron chi connectivity index (χ2n) is 5.13. The molecule has 5 nitrogen and oxygen atoms in total. The van der Waals surface area contributed by atoms with Crippen molar-refractivity contribution in [3.05, 3.63) is 35.4 Å². The zero-order valence-electron chi connectivity index (χ0n) is 11.5. The monoisotopic (exact) mass is 276 g/mol. The maximum Gasteiger partial charge on any atom is 0.340 e. The summed E-state index contributed by atoms with van der Waals surface area (Å²) in [5.74, 6) is -0.230. The van der Waals surface area contributed by atoms with E-state index < -0.39 is 0 Å². The lowest BCUT2D eigenvalue weighted by Crippen LogP contribution is -2.38. The van der Waals surface area contributed by atoms with Crippen LogP contribution in [0.25, 0.3) is 0 Å². The van der Waals surface area contributed by atoms with Crippen molar-refractivity contribution in [1.82, 2.24) is 10.2 Å². The molecule has 0 aliphatic carbocycles. The SMILES string of the molecule is O=C1OC(NCCCN2CCOCC2)c2ccccc21. The van der Waals surface area contributed by atoms with E-state index in [-0.39, 0.29) is 12.2 Å². The van der Waals surface area contributed by atoms with E-state index in [1.54, 1.807) is 0 Å². The third-order valence-corrected chi connectivity index (χ3v) is 3.77. The van der Waals surface area contributed by atoms with Crippen molar-refractivity contribution >= 4 is 5.97 Å². The highest BCUT2D eigenvalue weighted by atomic mass is 16.6. The van der Waals surface area contributed by atoms with E-state index in [0.29, 0.717) is 5.56 Å². The lowest BCUT2D eigenvalue weighted by molar-refractivity contribution is 0.0280. The Bertz CT molecular complexity index is 472. The van der Waals surface area contributed by atoms with Crippen LogP contribution in [0.4, 0.5) is 0 Å². The molecule has 20 heavy (non-hydrogen) atoms. The molecule has 3 rings (SSSR count). The minimum Gasteiger partial charge on any atom is -0.439 e. The number of ether oxygens (including phenoxy) is 2. The maximum atomic E-state index is 11.7. The highest BCUT2D eigenvalue weighted by Crippen LogP contribution is 2.27. The molecule has 2 aliphatic heterocycles. The first kappa shape index (κ1) is 13.5. The van der Waals surface area contributed by atoms with Crippen molar-refractivity contribution < 1.29 is 14.3 Å². The first-order valence-corrected chi connectivity index (χ1v) is 7.18. The molecule has 2 aliphatic rings. The first-order chi connectivity index (χ1) is 9.84. The van der Waals surface area contributed by atoms with Crippen LogP contribution in [0.5, 0.6) is 0 Å². The molecule has 108 valence electrons. The van der Waals surface area contributed by atoms with Gasteiger partial charge in [0.05, 0.1) is 18.8 Å². The van der Waals surface area contributed by atoms with Gasteiger partial charge >= 0.3 is 5.97 Å². The van der Waals surface area contributed by atoms with Gasteiger partial charge in [-0.25, -0.2) is 4.79 Å². The van der Waals surface area contributed by atoms with Crippen LogP contribution >= 0.6 is 0 Å². The van der Waals surface area contributed by atoms with Crippen LogP contribution in [0.2, 0.25) is 0 Å². The molecule has 2 heterocycles. The second-order valence-corrected chi connectivity index (χ2v) is 5.13. The van der Waals surface area contributed by atoms with Crippen molar-refractivity contribution in [2.24, 2.45) is 0 Å². The van der Waals surface area contributed by atoms with Crippen molar-refractivity contribution in [1.29, 1.82) is 0 Å². The van der Waals surface area contributed by atoms with E-state index in [0.717, 1.165) is 51.4 Å². The highest BCUT2D eigenvalue weighted by Gasteiger charge is 2.29. The van der Waals surface area contributed by atoms with Gasteiger partial charge in [0, 0.05) is 25.2 Å². The summed E-state index contributed by atoms with van der Waals surface area (Å²) in [6.45, 7) is 5.59. The first-order valence-electron chi connectivity index (χ1n) is 7.18. The van der Waals surface area contributed by atoms with E-state index in [1.165, 1.54) is 0 Å². The van der Waals surface area contributed by atoms with Gasteiger partial charge in [0.25, 0.3) is 0 Å². The van der Waals surface area contributed by atoms with Crippen LogP contribution in [-0.2, 0) is 9.47 Å². The summed E-state index contributed by atoms with van der Waals surface area (Å²) in [5, 5.41) is 3.31. The topological polar surface area (TPSA) is 50.8 Å². The van der Waals surface area contributed by atoms with Gasteiger partial charge in [-0.1, -0.05) is 18.2 Å². The van der Waals surface area contributed by atoms with Crippen LogP contribution in [0.1, 0.15) is 28.6 Å². The van der Waals surface area contributed by atoms with Crippen LogP contribution in [0.15, 0.2) is 24.3 Å². The summed E-state index contributed by atoms with van der Waals surface area (Å²) < 4.78 is 10.7. The average molecular weight is 276 g/mol. The van der Waals surface area contributed by atoms with Gasteiger partial charge in [0.2, 0.25) is 0 Å². The van der Waals surface area contributed by atoms with Crippen LogP contribution in [0, 0.1) is 0 Å². The lowest BCUT2D eigenvalue weighted by atomic mass is 10.1. The number of hydrogen-bond donors (Lipinski definition) is 1. The van der Waals surface area contributed by atoms with Gasteiger partial charge in [0.1, 0.15) is 0 Å².